The van der Waals surface area contributed by atoms with Crippen LogP contribution in [0.25, 0.3) is 0 Å². The predicted octanol–water partition coefficient (Wildman–Crippen LogP) is 5.25. The molecule has 21 heavy (non-hydrogen) atoms. The highest BCUT2D eigenvalue weighted by atomic mass is 16.3. The van der Waals surface area contributed by atoms with Crippen molar-refractivity contribution in [1.29, 1.82) is 0 Å². The van der Waals surface area contributed by atoms with Crippen molar-refractivity contribution in [2.75, 3.05) is 5.32 Å². The van der Waals surface area contributed by atoms with Gasteiger partial charge in [-0.2, -0.15) is 0 Å². The highest BCUT2D eigenvalue weighted by Crippen LogP contribution is 2.39. The van der Waals surface area contributed by atoms with Crippen LogP contribution in [0.5, 0.6) is 5.75 Å². The Morgan fingerprint density at radius 2 is 1.67 bits per heavy atom. The molecule has 1 aromatic carbocycles. The fourth-order valence-electron chi connectivity index (χ4n) is 4.47. The third kappa shape index (κ3) is 3.53. The third-order valence-electron chi connectivity index (χ3n) is 5.63. The number of phenolic OH excluding ortho intramolecular Hbond substituents is 1. The zero-order valence-corrected chi connectivity index (χ0v) is 13.3. The molecule has 116 valence electrons. The molecule has 2 aliphatic carbocycles. The van der Waals surface area contributed by atoms with E-state index in [1.807, 2.05) is 12.1 Å². The molecule has 0 bridgehead atoms. The van der Waals surface area contributed by atoms with E-state index in [0.29, 0.717) is 11.8 Å². The first-order valence-corrected chi connectivity index (χ1v) is 8.80. The Hall–Kier alpha value is -1.18. The van der Waals surface area contributed by atoms with Gasteiger partial charge >= 0.3 is 0 Å². The third-order valence-corrected chi connectivity index (χ3v) is 5.63. The van der Waals surface area contributed by atoms with E-state index in [1.165, 1.54) is 63.5 Å². The summed E-state index contributed by atoms with van der Waals surface area (Å²) in [4.78, 5) is 0. The minimum absolute atomic E-state index is 0.366. The largest absolute Gasteiger partial charge is 0.508 e. The Labute approximate surface area is 129 Å². The van der Waals surface area contributed by atoms with Gasteiger partial charge in [-0.05, 0) is 55.4 Å². The van der Waals surface area contributed by atoms with Crippen LogP contribution in [0.2, 0.25) is 0 Å². The van der Waals surface area contributed by atoms with E-state index in [1.54, 1.807) is 6.07 Å². The van der Waals surface area contributed by atoms with Gasteiger partial charge in [-0.3, -0.25) is 0 Å². The summed E-state index contributed by atoms with van der Waals surface area (Å²) in [6.07, 6.45) is 12.7. The summed E-state index contributed by atoms with van der Waals surface area (Å²) in [5.74, 6) is 2.16. The van der Waals surface area contributed by atoms with Crippen LogP contribution in [0.1, 0.15) is 63.4 Å². The molecule has 0 aliphatic heterocycles. The minimum Gasteiger partial charge on any atom is -0.508 e. The molecule has 2 saturated carbocycles. The van der Waals surface area contributed by atoms with Crippen molar-refractivity contribution in [2.45, 2.75) is 70.8 Å². The van der Waals surface area contributed by atoms with Crippen LogP contribution in [-0.4, -0.2) is 11.1 Å². The van der Waals surface area contributed by atoms with E-state index in [2.05, 4.69) is 12.2 Å². The summed E-state index contributed by atoms with van der Waals surface area (Å²) in [6, 6.07) is 6.33. The van der Waals surface area contributed by atoms with Crippen molar-refractivity contribution in [1.82, 2.24) is 0 Å². The molecule has 2 atom stereocenters. The first kappa shape index (κ1) is 14.7. The van der Waals surface area contributed by atoms with E-state index in [0.717, 1.165) is 17.4 Å². The molecule has 1 aromatic rings. The predicted molar refractivity (Wildman–Crippen MR) is 88.8 cm³/mol. The van der Waals surface area contributed by atoms with Crippen LogP contribution in [0.4, 0.5) is 5.69 Å². The summed E-state index contributed by atoms with van der Waals surface area (Å²) >= 11 is 0. The van der Waals surface area contributed by atoms with Gasteiger partial charge in [0, 0.05) is 11.7 Å². The van der Waals surface area contributed by atoms with Crippen molar-refractivity contribution < 1.29 is 5.11 Å². The number of aryl methyl sites for hydroxylation is 1. The minimum atomic E-state index is 0.366. The summed E-state index contributed by atoms with van der Waals surface area (Å²) in [5, 5.41) is 13.4. The van der Waals surface area contributed by atoms with Gasteiger partial charge in [0.15, 0.2) is 0 Å². The summed E-state index contributed by atoms with van der Waals surface area (Å²) in [6.45, 7) is 2.08. The number of rotatable bonds is 3. The maximum Gasteiger partial charge on any atom is 0.115 e. The molecule has 0 saturated heterocycles. The van der Waals surface area contributed by atoms with Crippen LogP contribution >= 0.6 is 0 Å². The molecule has 0 aromatic heterocycles. The molecule has 0 radical (unpaired) electrons. The second-order valence-corrected chi connectivity index (χ2v) is 7.10. The molecule has 2 aliphatic rings. The average molecular weight is 287 g/mol. The molecular weight excluding hydrogens is 258 g/mol. The molecule has 3 rings (SSSR count). The van der Waals surface area contributed by atoms with Crippen LogP contribution in [0, 0.1) is 18.8 Å². The summed E-state index contributed by atoms with van der Waals surface area (Å²) in [5.41, 5.74) is 2.36. The summed E-state index contributed by atoms with van der Waals surface area (Å²) < 4.78 is 0. The molecule has 2 fully saturated rings. The number of benzene rings is 1. The van der Waals surface area contributed by atoms with Crippen LogP contribution in [0.3, 0.4) is 0 Å². The van der Waals surface area contributed by atoms with Crippen molar-refractivity contribution in [3.63, 3.8) is 0 Å². The van der Waals surface area contributed by atoms with E-state index >= 15 is 0 Å². The van der Waals surface area contributed by atoms with Gasteiger partial charge in [0.25, 0.3) is 0 Å². The Morgan fingerprint density at radius 1 is 0.952 bits per heavy atom. The van der Waals surface area contributed by atoms with Gasteiger partial charge in [-0.25, -0.2) is 0 Å². The number of hydrogen-bond acceptors (Lipinski definition) is 2. The summed E-state index contributed by atoms with van der Waals surface area (Å²) in [7, 11) is 0. The smallest absolute Gasteiger partial charge is 0.115 e. The number of phenols is 1. The lowest BCUT2D eigenvalue weighted by molar-refractivity contribution is 0.180. The van der Waals surface area contributed by atoms with Crippen molar-refractivity contribution in [3.8, 4) is 5.75 Å². The van der Waals surface area contributed by atoms with Crippen LogP contribution < -0.4 is 5.32 Å². The number of anilines is 1. The van der Waals surface area contributed by atoms with Crippen LogP contribution in [-0.2, 0) is 0 Å². The van der Waals surface area contributed by atoms with Crippen molar-refractivity contribution in [2.24, 2.45) is 11.8 Å². The van der Waals surface area contributed by atoms with Crippen molar-refractivity contribution >= 4 is 5.69 Å². The molecule has 2 N–H and O–H groups in total. The van der Waals surface area contributed by atoms with Gasteiger partial charge in [0.2, 0.25) is 0 Å². The second-order valence-electron chi connectivity index (χ2n) is 7.10. The monoisotopic (exact) mass is 287 g/mol. The number of nitrogens with one attached hydrogen (secondary N) is 1. The van der Waals surface area contributed by atoms with Gasteiger partial charge in [-0.15, -0.1) is 0 Å². The molecule has 2 nitrogen and oxygen atoms in total. The Kier molecular flexibility index (Phi) is 4.72. The SMILES string of the molecule is Cc1cc(O)ccc1NC1CCCCC1C1CCCCC1. The maximum absolute atomic E-state index is 9.57. The standard InChI is InChI=1S/C19H29NO/c1-14-13-16(21)11-12-18(14)20-19-10-6-5-9-17(19)15-7-3-2-4-8-15/h11-13,15,17,19-21H,2-10H2,1H3. The zero-order valence-electron chi connectivity index (χ0n) is 13.3. The number of hydrogen-bond donors (Lipinski definition) is 2. The van der Waals surface area contributed by atoms with E-state index in [4.69, 9.17) is 0 Å². The fraction of sp³-hybridized carbons (Fsp3) is 0.684. The lowest BCUT2D eigenvalue weighted by Crippen LogP contribution is -2.37. The lowest BCUT2D eigenvalue weighted by atomic mass is 9.71. The zero-order chi connectivity index (χ0) is 14.7. The maximum atomic E-state index is 9.57. The van der Waals surface area contributed by atoms with Gasteiger partial charge in [-0.1, -0.05) is 44.9 Å². The van der Waals surface area contributed by atoms with E-state index in [-0.39, 0.29) is 0 Å². The molecule has 2 unspecified atom stereocenters. The quantitative estimate of drug-likeness (QED) is 0.744. The van der Waals surface area contributed by atoms with E-state index < -0.39 is 0 Å². The second kappa shape index (κ2) is 6.72. The highest BCUT2D eigenvalue weighted by molar-refractivity contribution is 5.54. The van der Waals surface area contributed by atoms with Gasteiger partial charge in [0.1, 0.15) is 5.75 Å². The van der Waals surface area contributed by atoms with Gasteiger partial charge < -0.3 is 10.4 Å². The van der Waals surface area contributed by atoms with Crippen molar-refractivity contribution in [3.05, 3.63) is 23.8 Å². The Morgan fingerprint density at radius 3 is 2.43 bits per heavy atom. The molecule has 2 heteroatoms. The lowest BCUT2D eigenvalue weighted by Gasteiger charge is -2.40. The highest BCUT2D eigenvalue weighted by Gasteiger charge is 2.32. The molecule has 0 heterocycles. The first-order chi connectivity index (χ1) is 10.2. The normalized spacial score (nSPS) is 27.5. The first-order valence-electron chi connectivity index (χ1n) is 8.80. The average Bonchev–Trinajstić information content (AvgIpc) is 2.51. The van der Waals surface area contributed by atoms with E-state index in [9.17, 15) is 5.11 Å². The van der Waals surface area contributed by atoms with Gasteiger partial charge in [0.05, 0.1) is 0 Å². The molecular formula is C19H29NO. The molecule has 0 amide bonds. The topological polar surface area (TPSA) is 32.3 Å². The Bertz CT molecular complexity index is 465. The number of aromatic hydroxyl groups is 1. The Balaban J connectivity index is 1.71. The fourth-order valence-corrected chi connectivity index (χ4v) is 4.47. The molecule has 0 spiro atoms. The van der Waals surface area contributed by atoms with Crippen LogP contribution in [0.15, 0.2) is 18.2 Å².